The molecule has 3 nitrogen and oxygen atoms in total. The van der Waals surface area contributed by atoms with Crippen LogP contribution in [0.1, 0.15) is 60.3 Å². The first-order valence-electron chi connectivity index (χ1n) is 7.78. The second kappa shape index (κ2) is 6.74. The van der Waals surface area contributed by atoms with Gasteiger partial charge in [0, 0.05) is 6.04 Å². The van der Waals surface area contributed by atoms with Crippen molar-refractivity contribution in [3.63, 3.8) is 0 Å². The monoisotopic (exact) mass is 269 g/mol. The minimum absolute atomic E-state index is 0.176. The van der Waals surface area contributed by atoms with E-state index in [2.05, 4.69) is 39.5 Å². The van der Waals surface area contributed by atoms with E-state index in [-0.39, 0.29) is 17.4 Å². The van der Waals surface area contributed by atoms with Gasteiger partial charge in [0.25, 0.3) is 0 Å². The molecule has 19 heavy (non-hydrogen) atoms. The third-order valence-electron chi connectivity index (χ3n) is 4.74. The molecule has 1 aliphatic carbocycles. The Balaban J connectivity index is 2.86. The van der Waals surface area contributed by atoms with Gasteiger partial charge in [0.15, 0.2) is 0 Å². The standard InChI is InChI=1S/C16H31NO2/c1-6-10-17(7-2)14-11-12(16(3,4)5)8-9-13(14)15(18)19/h12-14H,6-11H2,1-5H3,(H,18,19). The van der Waals surface area contributed by atoms with E-state index in [0.29, 0.717) is 5.92 Å². The second-order valence-electron chi connectivity index (χ2n) is 7.02. The Morgan fingerprint density at radius 3 is 2.32 bits per heavy atom. The van der Waals surface area contributed by atoms with Crippen molar-refractivity contribution in [2.45, 2.75) is 66.3 Å². The van der Waals surface area contributed by atoms with Gasteiger partial charge in [0.05, 0.1) is 5.92 Å². The molecule has 1 saturated carbocycles. The molecule has 0 saturated heterocycles. The highest BCUT2D eigenvalue weighted by atomic mass is 16.4. The van der Waals surface area contributed by atoms with Gasteiger partial charge in [-0.2, -0.15) is 0 Å². The Bertz CT molecular complexity index is 296. The van der Waals surface area contributed by atoms with Crippen LogP contribution in [-0.2, 0) is 4.79 Å². The Morgan fingerprint density at radius 1 is 1.26 bits per heavy atom. The Morgan fingerprint density at radius 2 is 1.89 bits per heavy atom. The maximum Gasteiger partial charge on any atom is 0.308 e. The molecule has 1 N–H and O–H groups in total. The average molecular weight is 269 g/mol. The summed E-state index contributed by atoms with van der Waals surface area (Å²) in [5.74, 6) is -0.143. The lowest BCUT2D eigenvalue weighted by Gasteiger charge is -2.44. The van der Waals surface area contributed by atoms with Crippen LogP contribution < -0.4 is 0 Å². The van der Waals surface area contributed by atoms with Gasteiger partial charge >= 0.3 is 5.97 Å². The van der Waals surface area contributed by atoms with Gasteiger partial charge in [-0.05, 0) is 50.1 Å². The molecule has 1 aliphatic rings. The third kappa shape index (κ3) is 4.20. The molecule has 0 radical (unpaired) electrons. The van der Waals surface area contributed by atoms with Crippen LogP contribution in [0.4, 0.5) is 0 Å². The highest BCUT2D eigenvalue weighted by Gasteiger charge is 2.40. The summed E-state index contributed by atoms with van der Waals surface area (Å²) in [6, 6.07) is 0.223. The van der Waals surface area contributed by atoms with E-state index < -0.39 is 5.97 Å². The van der Waals surface area contributed by atoms with Crippen LogP contribution in [0.5, 0.6) is 0 Å². The SMILES string of the molecule is CCCN(CC)C1CC(C(C)(C)C)CCC1C(=O)O. The van der Waals surface area contributed by atoms with Crippen LogP contribution in [-0.4, -0.2) is 35.1 Å². The summed E-state index contributed by atoms with van der Waals surface area (Å²) in [4.78, 5) is 13.9. The summed E-state index contributed by atoms with van der Waals surface area (Å²) in [6.07, 6.45) is 4.02. The molecule has 0 amide bonds. The molecule has 0 aromatic rings. The zero-order valence-corrected chi connectivity index (χ0v) is 13.3. The van der Waals surface area contributed by atoms with Crippen molar-refractivity contribution in [1.29, 1.82) is 0 Å². The highest BCUT2D eigenvalue weighted by Crippen LogP contribution is 2.41. The number of rotatable bonds is 5. The fourth-order valence-corrected chi connectivity index (χ4v) is 3.47. The number of hydrogen-bond donors (Lipinski definition) is 1. The van der Waals surface area contributed by atoms with Crippen LogP contribution in [0.2, 0.25) is 0 Å². The maximum atomic E-state index is 11.5. The molecule has 1 rings (SSSR count). The van der Waals surface area contributed by atoms with E-state index in [9.17, 15) is 9.90 Å². The fourth-order valence-electron chi connectivity index (χ4n) is 3.47. The Labute approximate surface area is 118 Å². The first-order chi connectivity index (χ1) is 8.81. The summed E-state index contributed by atoms with van der Waals surface area (Å²) in [5.41, 5.74) is 0.285. The van der Waals surface area contributed by atoms with Gasteiger partial charge in [0.2, 0.25) is 0 Å². The van der Waals surface area contributed by atoms with Crippen LogP contribution in [0.15, 0.2) is 0 Å². The van der Waals surface area contributed by atoms with Crippen LogP contribution >= 0.6 is 0 Å². The van der Waals surface area contributed by atoms with Gasteiger partial charge in [-0.15, -0.1) is 0 Å². The predicted molar refractivity (Wildman–Crippen MR) is 79.2 cm³/mol. The number of hydrogen-bond acceptors (Lipinski definition) is 2. The smallest absolute Gasteiger partial charge is 0.308 e. The van der Waals surface area contributed by atoms with Crippen molar-refractivity contribution in [3.8, 4) is 0 Å². The molecule has 3 unspecified atom stereocenters. The van der Waals surface area contributed by atoms with E-state index in [0.717, 1.165) is 38.8 Å². The highest BCUT2D eigenvalue weighted by molar-refractivity contribution is 5.71. The van der Waals surface area contributed by atoms with E-state index in [1.54, 1.807) is 0 Å². The maximum absolute atomic E-state index is 11.5. The molecule has 112 valence electrons. The molecular formula is C16H31NO2. The third-order valence-corrected chi connectivity index (χ3v) is 4.74. The molecule has 0 aromatic heterocycles. The fraction of sp³-hybridized carbons (Fsp3) is 0.938. The average Bonchev–Trinajstić information content (AvgIpc) is 2.34. The number of carboxylic acid groups (broad SMARTS) is 1. The molecule has 0 aliphatic heterocycles. The Hall–Kier alpha value is -0.570. The van der Waals surface area contributed by atoms with Crippen molar-refractivity contribution < 1.29 is 9.90 Å². The number of nitrogens with zero attached hydrogens (tertiary/aromatic N) is 1. The van der Waals surface area contributed by atoms with Gasteiger partial charge < -0.3 is 5.11 Å². The molecule has 0 aromatic carbocycles. The Kier molecular flexibility index (Phi) is 5.84. The molecule has 0 heterocycles. The van der Waals surface area contributed by atoms with Crippen LogP contribution in [0.25, 0.3) is 0 Å². The van der Waals surface area contributed by atoms with Crippen LogP contribution in [0.3, 0.4) is 0 Å². The summed E-state index contributed by atoms with van der Waals surface area (Å²) in [7, 11) is 0. The summed E-state index contributed by atoms with van der Waals surface area (Å²) < 4.78 is 0. The molecule has 1 fully saturated rings. The lowest BCUT2D eigenvalue weighted by Crippen LogP contribution is -2.49. The minimum atomic E-state index is -0.605. The van der Waals surface area contributed by atoms with Crippen molar-refractivity contribution in [3.05, 3.63) is 0 Å². The quantitative estimate of drug-likeness (QED) is 0.828. The lowest BCUT2D eigenvalue weighted by molar-refractivity contribution is -0.147. The first-order valence-corrected chi connectivity index (χ1v) is 7.78. The zero-order valence-electron chi connectivity index (χ0n) is 13.3. The molecule has 0 bridgehead atoms. The van der Waals surface area contributed by atoms with E-state index in [1.165, 1.54) is 0 Å². The molecule has 0 spiro atoms. The number of aliphatic carboxylic acids is 1. The van der Waals surface area contributed by atoms with Gasteiger partial charge in [-0.3, -0.25) is 9.69 Å². The largest absolute Gasteiger partial charge is 0.481 e. The topological polar surface area (TPSA) is 40.5 Å². The molecule has 3 heteroatoms. The zero-order chi connectivity index (χ0) is 14.6. The van der Waals surface area contributed by atoms with Crippen LogP contribution in [0, 0.1) is 17.3 Å². The predicted octanol–water partition coefficient (Wildman–Crippen LogP) is 3.63. The number of carbonyl (C=O) groups is 1. The normalized spacial score (nSPS) is 28.6. The van der Waals surface area contributed by atoms with Crippen molar-refractivity contribution in [2.24, 2.45) is 17.3 Å². The van der Waals surface area contributed by atoms with Gasteiger partial charge in [0.1, 0.15) is 0 Å². The molecule has 3 atom stereocenters. The van der Waals surface area contributed by atoms with Crippen molar-refractivity contribution in [2.75, 3.05) is 13.1 Å². The van der Waals surface area contributed by atoms with Crippen molar-refractivity contribution in [1.82, 2.24) is 4.90 Å². The number of carboxylic acids is 1. The van der Waals surface area contributed by atoms with E-state index in [1.807, 2.05) is 0 Å². The minimum Gasteiger partial charge on any atom is -0.481 e. The second-order valence-corrected chi connectivity index (χ2v) is 7.02. The summed E-state index contributed by atoms with van der Waals surface area (Å²) in [5, 5.41) is 9.48. The van der Waals surface area contributed by atoms with Crippen molar-refractivity contribution >= 4 is 5.97 Å². The summed E-state index contributed by atoms with van der Waals surface area (Å²) in [6.45, 7) is 13.1. The van der Waals surface area contributed by atoms with Gasteiger partial charge in [-0.25, -0.2) is 0 Å². The van der Waals surface area contributed by atoms with E-state index in [4.69, 9.17) is 0 Å². The van der Waals surface area contributed by atoms with E-state index >= 15 is 0 Å². The van der Waals surface area contributed by atoms with Gasteiger partial charge in [-0.1, -0.05) is 34.6 Å². The first kappa shape index (κ1) is 16.5. The molecular weight excluding hydrogens is 238 g/mol. The lowest BCUT2D eigenvalue weighted by atomic mass is 9.67. The summed E-state index contributed by atoms with van der Waals surface area (Å²) >= 11 is 0.